The van der Waals surface area contributed by atoms with E-state index in [0.717, 1.165) is 24.5 Å². The van der Waals surface area contributed by atoms with Crippen LogP contribution < -0.4 is 15.4 Å². The number of hydrogen-bond donors (Lipinski definition) is 2. The lowest BCUT2D eigenvalue weighted by Gasteiger charge is -2.13. The molecule has 1 aromatic rings. The van der Waals surface area contributed by atoms with Crippen molar-refractivity contribution in [3.8, 4) is 5.75 Å². The summed E-state index contributed by atoms with van der Waals surface area (Å²) in [5.41, 5.74) is 1.06. The van der Waals surface area contributed by atoms with Crippen LogP contribution in [0.3, 0.4) is 0 Å². The number of para-hydroxylation sites is 1. The van der Waals surface area contributed by atoms with Gasteiger partial charge in [-0.2, -0.15) is 0 Å². The minimum atomic E-state index is -2.98. The maximum Gasteiger partial charge on any atom is 0.191 e. The lowest BCUT2D eigenvalue weighted by atomic mass is 10.2. The second-order valence-electron chi connectivity index (χ2n) is 6.73. The van der Waals surface area contributed by atoms with Gasteiger partial charge in [-0.05, 0) is 31.7 Å². The van der Waals surface area contributed by atoms with Crippen LogP contribution in [0.2, 0.25) is 0 Å². The third kappa shape index (κ3) is 9.63. The van der Waals surface area contributed by atoms with Crippen LogP contribution in [0, 0.1) is 5.92 Å². The third-order valence-electron chi connectivity index (χ3n) is 4.03. The fourth-order valence-electron chi connectivity index (χ4n) is 2.33. The van der Waals surface area contributed by atoms with Crippen LogP contribution in [0.5, 0.6) is 5.75 Å². The highest BCUT2D eigenvalue weighted by Gasteiger charge is 2.22. The Morgan fingerprint density at radius 2 is 2.00 bits per heavy atom. The van der Waals surface area contributed by atoms with Crippen LogP contribution in [-0.4, -0.2) is 59.3 Å². The Hall–Kier alpha value is -1.80. The first-order valence-electron chi connectivity index (χ1n) is 9.46. The van der Waals surface area contributed by atoms with E-state index >= 15 is 0 Å². The quantitative estimate of drug-likeness (QED) is 0.316. The number of hydrogen-bond acceptors (Lipinski definition) is 5. The Bertz CT molecular complexity index is 703. The molecule has 2 N–H and O–H groups in total. The Kier molecular flexibility index (Phi) is 8.87. The molecule has 0 unspecified atom stereocenters. The highest BCUT2D eigenvalue weighted by atomic mass is 32.2. The maximum atomic E-state index is 11.1. The molecule has 7 nitrogen and oxygen atoms in total. The van der Waals surface area contributed by atoms with Gasteiger partial charge in [-0.1, -0.05) is 18.2 Å². The molecule has 2 rings (SSSR count). The molecular formula is C19H31N3O4S. The number of benzene rings is 1. The van der Waals surface area contributed by atoms with E-state index in [-0.39, 0.29) is 12.4 Å². The second kappa shape index (κ2) is 11.1. The van der Waals surface area contributed by atoms with Crippen LogP contribution in [0.4, 0.5) is 0 Å². The van der Waals surface area contributed by atoms with Crippen molar-refractivity contribution in [2.75, 3.05) is 44.9 Å². The molecule has 1 aliphatic rings. The monoisotopic (exact) mass is 397 g/mol. The summed E-state index contributed by atoms with van der Waals surface area (Å²) in [6.07, 6.45) is 3.73. The van der Waals surface area contributed by atoms with Crippen LogP contribution >= 0.6 is 0 Å². The van der Waals surface area contributed by atoms with E-state index in [4.69, 9.17) is 9.47 Å². The van der Waals surface area contributed by atoms with E-state index in [1.54, 1.807) is 0 Å². The predicted molar refractivity (Wildman–Crippen MR) is 108 cm³/mol. The molecule has 1 fully saturated rings. The smallest absolute Gasteiger partial charge is 0.191 e. The molecule has 0 aromatic heterocycles. The van der Waals surface area contributed by atoms with Crippen molar-refractivity contribution in [1.29, 1.82) is 0 Å². The van der Waals surface area contributed by atoms with Crippen molar-refractivity contribution in [3.63, 3.8) is 0 Å². The van der Waals surface area contributed by atoms with Gasteiger partial charge in [-0.3, -0.25) is 0 Å². The van der Waals surface area contributed by atoms with Crippen molar-refractivity contribution in [3.05, 3.63) is 29.8 Å². The number of rotatable bonds is 12. The van der Waals surface area contributed by atoms with Crippen molar-refractivity contribution in [2.45, 2.75) is 26.3 Å². The highest BCUT2D eigenvalue weighted by molar-refractivity contribution is 7.90. The molecule has 1 saturated carbocycles. The summed E-state index contributed by atoms with van der Waals surface area (Å²) in [5, 5.41) is 6.39. The highest BCUT2D eigenvalue weighted by Crippen LogP contribution is 2.30. The van der Waals surface area contributed by atoms with Crippen molar-refractivity contribution >= 4 is 15.8 Å². The van der Waals surface area contributed by atoms with Gasteiger partial charge >= 0.3 is 0 Å². The summed E-state index contributed by atoms with van der Waals surface area (Å²) in [5.74, 6) is 2.34. The van der Waals surface area contributed by atoms with Crippen molar-refractivity contribution in [2.24, 2.45) is 10.9 Å². The standard InChI is InChI=1S/C19H31N3O4S/c1-3-20-19(21-10-11-25-12-13-27(2,23)24)22-14-17-6-4-5-7-18(17)26-15-16-8-9-16/h4-7,16H,3,8-15H2,1-2H3,(H2,20,21,22). The van der Waals surface area contributed by atoms with E-state index in [0.29, 0.717) is 31.6 Å². The molecule has 0 spiro atoms. The maximum absolute atomic E-state index is 11.1. The minimum absolute atomic E-state index is 0.0405. The zero-order valence-corrected chi connectivity index (χ0v) is 17.1. The largest absolute Gasteiger partial charge is 0.493 e. The van der Waals surface area contributed by atoms with Crippen LogP contribution in [0.15, 0.2) is 29.3 Å². The number of guanidine groups is 1. The van der Waals surface area contributed by atoms with Gasteiger partial charge in [0, 0.05) is 24.9 Å². The van der Waals surface area contributed by atoms with Gasteiger partial charge in [0.05, 0.1) is 32.1 Å². The zero-order chi connectivity index (χ0) is 19.5. The summed E-state index contributed by atoms with van der Waals surface area (Å²) < 4.78 is 33.4. The van der Waals surface area contributed by atoms with E-state index in [1.807, 2.05) is 31.2 Å². The summed E-state index contributed by atoms with van der Waals surface area (Å²) in [4.78, 5) is 4.61. The average Bonchev–Trinajstić information content (AvgIpc) is 3.45. The molecule has 1 aromatic carbocycles. The molecule has 0 radical (unpaired) electrons. The van der Waals surface area contributed by atoms with Crippen LogP contribution in [-0.2, 0) is 21.1 Å². The molecule has 152 valence electrons. The minimum Gasteiger partial charge on any atom is -0.493 e. The molecule has 0 bridgehead atoms. The number of aliphatic imine (C=N–C) groups is 1. The van der Waals surface area contributed by atoms with Gasteiger partial charge in [0.15, 0.2) is 5.96 Å². The molecule has 8 heteroatoms. The SMILES string of the molecule is CCNC(=NCc1ccccc1OCC1CC1)NCCOCCS(C)(=O)=O. The lowest BCUT2D eigenvalue weighted by molar-refractivity contribution is 0.154. The summed E-state index contributed by atoms with van der Waals surface area (Å²) in [6.45, 7) is 5.23. The van der Waals surface area contributed by atoms with E-state index in [2.05, 4.69) is 15.6 Å². The normalized spacial score (nSPS) is 14.8. The van der Waals surface area contributed by atoms with E-state index < -0.39 is 9.84 Å². The molecule has 1 aliphatic carbocycles. The fraction of sp³-hybridized carbons (Fsp3) is 0.632. The van der Waals surface area contributed by atoms with E-state index in [1.165, 1.54) is 19.1 Å². The predicted octanol–water partition coefficient (Wildman–Crippen LogP) is 1.59. The lowest BCUT2D eigenvalue weighted by Crippen LogP contribution is -2.39. The van der Waals surface area contributed by atoms with Gasteiger partial charge in [0.25, 0.3) is 0 Å². The van der Waals surface area contributed by atoms with Gasteiger partial charge < -0.3 is 20.1 Å². The van der Waals surface area contributed by atoms with Gasteiger partial charge in [0.2, 0.25) is 0 Å². The van der Waals surface area contributed by atoms with Crippen molar-refractivity contribution in [1.82, 2.24) is 10.6 Å². The van der Waals surface area contributed by atoms with Crippen LogP contribution in [0.25, 0.3) is 0 Å². The Labute approximate surface area is 162 Å². The second-order valence-corrected chi connectivity index (χ2v) is 8.99. The first-order valence-corrected chi connectivity index (χ1v) is 11.5. The first-order chi connectivity index (χ1) is 13.0. The first kappa shape index (κ1) is 21.5. The summed E-state index contributed by atoms with van der Waals surface area (Å²) in [6, 6.07) is 7.99. The van der Waals surface area contributed by atoms with Gasteiger partial charge in [0.1, 0.15) is 15.6 Å². The fourth-order valence-corrected chi connectivity index (χ4v) is 2.75. The molecule has 0 atom stereocenters. The Balaban J connectivity index is 1.78. The molecule has 0 heterocycles. The van der Waals surface area contributed by atoms with Gasteiger partial charge in [-0.15, -0.1) is 0 Å². The zero-order valence-electron chi connectivity index (χ0n) is 16.2. The number of sulfone groups is 1. The Morgan fingerprint density at radius 3 is 2.70 bits per heavy atom. The number of ether oxygens (including phenoxy) is 2. The average molecular weight is 398 g/mol. The molecular weight excluding hydrogens is 366 g/mol. The Morgan fingerprint density at radius 1 is 1.22 bits per heavy atom. The summed E-state index contributed by atoms with van der Waals surface area (Å²) in [7, 11) is -2.98. The van der Waals surface area contributed by atoms with Crippen LogP contribution in [0.1, 0.15) is 25.3 Å². The van der Waals surface area contributed by atoms with Crippen molar-refractivity contribution < 1.29 is 17.9 Å². The number of nitrogens with zero attached hydrogens (tertiary/aromatic N) is 1. The third-order valence-corrected chi connectivity index (χ3v) is 4.94. The topological polar surface area (TPSA) is 89.0 Å². The van der Waals surface area contributed by atoms with E-state index in [9.17, 15) is 8.42 Å². The van der Waals surface area contributed by atoms with Gasteiger partial charge in [-0.25, -0.2) is 13.4 Å². The number of nitrogens with one attached hydrogen (secondary N) is 2. The molecule has 0 saturated heterocycles. The molecule has 0 amide bonds. The summed E-state index contributed by atoms with van der Waals surface area (Å²) >= 11 is 0. The molecule has 0 aliphatic heterocycles. The molecule has 27 heavy (non-hydrogen) atoms.